The molecule has 0 aromatic rings. The standard InChI is InChI=1S/C11H23NO2/c1-4-6-8-12(9-7-5-2)11(14)10(3)13/h10,13H,4-9H2,1-3H3. The molecular formula is C11H23NO2. The van der Waals surface area contributed by atoms with Gasteiger partial charge in [-0.15, -0.1) is 0 Å². The van der Waals surface area contributed by atoms with Gasteiger partial charge in [0.05, 0.1) is 0 Å². The monoisotopic (exact) mass is 201 g/mol. The summed E-state index contributed by atoms with van der Waals surface area (Å²) in [6.07, 6.45) is 3.33. The molecular weight excluding hydrogens is 178 g/mol. The molecule has 1 unspecified atom stereocenters. The van der Waals surface area contributed by atoms with Gasteiger partial charge in [0.1, 0.15) is 6.10 Å². The number of aliphatic hydroxyl groups is 1. The smallest absolute Gasteiger partial charge is 0.251 e. The number of aliphatic hydroxyl groups excluding tert-OH is 1. The summed E-state index contributed by atoms with van der Waals surface area (Å²) < 4.78 is 0. The second-order valence-corrected chi connectivity index (χ2v) is 3.71. The average Bonchev–Trinajstić information content (AvgIpc) is 2.17. The molecule has 3 heteroatoms. The summed E-state index contributed by atoms with van der Waals surface area (Å²) in [5.41, 5.74) is 0. The van der Waals surface area contributed by atoms with Crippen molar-refractivity contribution < 1.29 is 9.90 Å². The van der Waals surface area contributed by atoms with Crippen molar-refractivity contribution in [3.05, 3.63) is 0 Å². The van der Waals surface area contributed by atoms with Gasteiger partial charge in [-0.05, 0) is 19.8 Å². The van der Waals surface area contributed by atoms with E-state index in [0.717, 1.165) is 38.8 Å². The number of carbonyl (C=O) groups is 1. The third-order valence-corrected chi connectivity index (χ3v) is 2.23. The Morgan fingerprint density at radius 2 is 1.64 bits per heavy atom. The highest BCUT2D eigenvalue weighted by Crippen LogP contribution is 2.02. The summed E-state index contributed by atoms with van der Waals surface area (Å²) >= 11 is 0. The molecule has 0 aliphatic rings. The molecule has 0 fully saturated rings. The Balaban J connectivity index is 4.01. The van der Waals surface area contributed by atoms with Gasteiger partial charge in [-0.25, -0.2) is 0 Å². The maximum atomic E-state index is 11.5. The number of amides is 1. The Bertz CT molecular complexity index is 149. The number of hydrogen-bond acceptors (Lipinski definition) is 2. The zero-order chi connectivity index (χ0) is 11.0. The van der Waals surface area contributed by atoms with E-state index >= 15 is 0 Å². The maximum Gasteiger partial charge on any atom is 0.251 e. The van der Waals surface area contributed by atoms with E-state index in [0.29, 0.717) is 0 Å². The number of rotatable bonds is 7. The molecule has 1 N–H and O–H groups in total. The molecule has 0 aromatic carbocycles. The first-order chi connectivity index (χ1) is 6.63. The topological polar surface area (TPSA) is 40.5 Å². The fourth-order valence-corrected chi connectivity index (χ4v) is 1.29. The van der Waals surface area contributed by atoms with Gasteiger partial charge in [-0.2, -0.15) is 0 Å². The normalized spacial score (nSPS) is 12.6. The summed E-state index contributed by atoms with van der Waals surface area (Å²) in [6, 6.07) is 0. The van der Waals surface area contributed by atoms with Crippen LogP contribution in [0.1, 0.15) is 46.5 Å². The van der Waals surface area contributed by atoms with Crippen LogP contribution in [-0.4, -0.2) is 35.1 Å². The van der Waals surface area contributed by atoms with Crippen LogP contribution in [0.4, 0.5) is 0 Å². The van der Waals surface area contributed by atoms with E-state index in [1.54, 1.807) is 4.90 Å². The average molecular weight is 201 g/mol. The van der Waals surface area contributed by atoms with Gasteiger partial charge in [0.2, 0.25) is 0 Å². The minimum atomic E-state index is -0.858. The Hall–Kier alpha value is -0.570. The first kappa shape index (κ1) is 13.4. The van der Waals surface area contributed by atoms with Gasteiger partial charge in [0, 0.05) is 13.1 Å². The van der Waals surface area contributed by atoms with Crippen LogP contribution in [0.25, 0.3) is 0 Å². The molecule has 3 nitrogen and oxygen atoms in total. The van der Waals surface area contributed by atoms with Gasteiger partial charge in [0.15, 0.2) is 0 Å². The van der Waals surface area contributed by atoms with Crippen LogP contribution < -0.4 is 0 Å². The van der Waals surface area contributed by atoms with Crippen molar-refractivity contribution in [2.75, 3.05) is 13.1 Å². The highest BCUT2D eigenvalue weighted by Gasteiger charge is 2.16. The van der Waals surface area contributed by atoms with E-state index < -0.39 is 6.10 Å². The zero-order valence-corrected chi connectivity index (χ0v) is 9.62. The van der Waals surface area contributed by atoms with Crippen molar-refractivity contribution in [1.29, 1.82) is 0 Å². The van der Waals surface area contributed by atoms with Crippen LogP contribution in [0.15, 0.2) is 0 Å². The van der Waals surface area contributed by atoms with Crippen molar-refractivity contribution in [3.63, 3.8) is 0 Å². The van der Waals surface area contributed by atoms with Crippen LogP contribution in [0, 0.1) is 0 Å². The lowest BCUT2D eigenvalue weighted by Crippen LogP contribution is -2.39. The second-order valence-electron chi connectivity index (χ2n) is 3.71. The highest BCUT2D eigenvalue weighted by atomic mass is 16.3. The Morgan fingerprint density at radius 1 is 1.21 bits per heavy atom. The Morgan fingerprint density at radius 3 is 1.93 bits per heavy atom. The van der Waals surface area contributed by atoms with E-state index in [1.165, 1.54) is 6.92 Å². The molecule has 1 amide bonds. The summed E-state index contributed by atoms with van der Waals surface area (Å²) in [5.74, 6) is -0.132. The lowest BCUT2D eigenvalue weighted by atomic mass is 10.2. The third-order valence-electron chi connectivity index (χ3n) is 2.23. The maximum absolute atomic E-state index is 11.5. The number of hydrogen-bond donors (Lipinski definition) is 1. The molecule has 0 aliphatic carbocycles. The molecule has 0 rings (SSSR count). The molecule has 0 aromatic heterocycles. The predicted octanol–water partition coefficient (Wildman–Crippen LogP) is 1.80. The van der Waals surface area contributed by atoms with Crippen molar-refractivity contribution in [2.45, 2.75) is 52.6 Å². The predicted molar refractivity (Wildman–Crippen MR) is 58.1 cm³/mol. The summed E-state index contributed by atoms with van der Waals surface area (Å²) in [7, 11) is 0. The van der Waals surface area contributed by atoms with Crippen LogP contribution in [0.5, 0.6) is 0 Å². The van der Waals surface area contributed by atoms with E-state index in [4.69, 9.17) is 0 Å². The molecule has 0 bridgehead atoms. The molecule has 0 heterocycles. The van der Waals surface area contributed by atoms with Crippen molar-refractivity contribution in [1.82, 2.24) is 4.90 Å². The second kappa shape index (κ2) is 7.80. The lowest BCUT2D eigenvalue weighted by Gasteiger charge is -2.23. The van der Waals surface area contributed by atoms with E-state index in [-0.39, 0.29) is 5.91 Å². The molecule has 0 radical (unpaired) electrons. The van der Waals surface area contributed by atoms with E-state index in [1.807, 2.05) is 0 Å². The quantitative estimate of drug-likeness (QED) is 0.682. The number of nitrogens with zero attached hydrogens (tertiary/aromatic N) is 1. The van der Waals surface area contributed by atoms with Crippen molar-refractivity contribution in [2.24, 2.45) is 0 Å². The summed E-state index contributed by atoms with van der Waals surface area (Å²) in [5, 5.41) is 9.20. The Labute approximate surface area is 87.1 Å². The fraction of sp³-hybridized carbons (Fsp3) is 0.909. The molecule has 0 spiro atoms. The number of carbonyl (C=O) groups excluding carboxylic acids is 1. The summed E-state index contributed by atoms with van der Waals surface area (Å²) in [4.78, 5) is 13.3. The van der Waals surface area contributed by atoms with Gasteiger partial charge < -0.3 is 10.0 Å². The summed E-state index contributed by atoms with van der Waals surface area (Å²) in [6.45, 7) is 7.30. The SMILES string of the molecule is CCCCN(CCCC)C(=O)C(C)O. The zero-order valence-electron chi connectivity index (χ0n) is 9.62. The largest absolute Gasteiger partial charge is 0.384 e. The molecule has 14 heavy (non-hydrogen) atoms. The van der Waals surface area contributed by atoms with Gasteiger partial charge >= 0.3 is 0 Å². The molecule has 0 saturated carbocycles. The lowest BCUT2D eigenvalue weighted by molar-refractivity contribution is -0.139. The van der Waals surface area contributed by atoms with Gasteiger partial charge in [0.25, 0.3) is 5.91 Å². The Kier molecular flexibility index (Phi) is 7.48. The number of unbranched alkanes of at least 4 members (excludes halogenated alkanes) is 2. The molecule has 0 saturated heterocycles. The minimum absolute atomic E-state index is 0.132. The van der Waals surface area contributed by atoms with Crippen LogP contribution in [-0.2, 0) is 4.79 Å². The van der Waals surface area contributed by atoms with Crippen molar-refractivity contribution >= 4 is 5.91 Å². The first-order valence-electron chi connectivity index (χ1n) is 5.60. The molecule has 0 aliphatic heterocycles. The van der Waals surface area contributed by atoms with Gasteiger partial charge in [-0.3, -0.25) is 4.79 Å². The van der Waals surface area contributed by atoms with Crippen molar-refractivity contribution in [3.8, 4) is 0 Å². The van der Waals surface area contributed by atoms with E-state index in [2.05, 4.69) is 13.8 Å². The van der Waals surface area contributed by atoms with Crippen LogP contribution in [0.3, 0.4) is 0 Å². The highest BCUT2D eigenvalue weighted by molar-refractivity contribution is 5.80. The minimum Gasteiger partial charge on any atom is -0.384 e. The van der Waals surface area contributed by atoms with Crippen LogP contribution >= 0.6 is 0 Å². The molecule has 84 valence electrons. The molecule has 1 atom stereocenters. The van der Waals surface area contributed by atoms with E-state index in [9.17, 15) is 9.90 Å². The van der Waals surface area contributed by atoms with Crippen LogP contribution in [0.2, 0.25) is 0 Å². The fourth-order valence-electron chi connectivity index (χ4n) is 1.29. The first-order valence-corrected chi connectivity index (χ1v) is 5.60. The third kappa shape index (κ3) is 5.22. The van der Waals surface area contributed by atoms with Gasteiger partial charge in [-0.1, -0.05) is 26.7 Å².